The zero-order valence-corrected chi connectivity index (χ0v) is 13.0. The molecule has 2 aromatic rings. The summed E-state index contributed by atoms with van der Waals surface area (Å²) in [5.74, 6) is 0.517. The molecule has 22 heavy (non-hydrogen) atoms. The second kappa shape index (κ2) is 6.73. The molecule has 114 valence electrons. The van der Waals surface area contributed by atoms with Gasteiger partial charge in [0.2, 0.25) is 5.91 Å². The monoisotopic (exact) mass is 294 g/mol. The van der Waals surface area contributed by atoms with Crippen LogP contribution in [0.2, 0.25) is 0 Å². The number of benzene rings is 1. The van der Waals surface area contributed by atoms with Crippen LogP contribution in [0.15, 0.2) is 54.9 Å². The van der Waals surface area contributed by atoms with E-state index in [4.69, 9.17) is 0 Å². The fourth-order valence-electron chi connectivity index (χ4n) is 2.77. The minimum atomic E-state index is 0.257. The minimum absolute atomic E-state index is 0.257. The van der Waals surface area contributed by atoms with Crippen molar-refractivity contribution in [3.8, 4) is 0 Å². The Morgan fingerprint density at radius 1 is 1.18 bits per heavy atom. The molecule has 0 N–H and O–H groups in total. The van der Waals surface area contributed by atoms with Crippen molar-refractivity contribution < 1.29 is 4.79 Å². The predicted octanol–water partition coefficient (Wildman–Crippen LogP) is 3.77. The van der Waals surface area contributed by atoms with Crippen LogP contribution in [-0.2, 0) is 11.3 Å². The number of hydrogen-bond donors (Lipinski definition) is 0. The fourth-order valence-corrected chi connectivity index (χ4v) is 2.77. The second-order valence-electron chi connectivity index (χ2n) is 6.12. The van der Waals surface area contributed by atoms with Gasteiger partial charge in [-0.2, -0.15) is 0 Å². The standard InChI is InChI=1S/C19H22N2O/c1-15(17-5-3-2-4-6-17)13-19(22)21(18-7-8-18)14-16-9-11-20-12-10-16/h2-6,9-12,15,18H,7-8,13-14H2,1H3/t15-/m0/s1. The van der Waals surface area contributed by atoms with Gasteiger partial charge < -0.3 is 4.90 Å². The third kappa shape index (κ3) is 3.73. The third-order valence-electron chi connectivity index (χ3n) is 4.26. The van der Waals surface area contributed by atoms with Crippen LogP contribution in [0.3, 0.4) is 0 Å². The molecule has 1 fully saturated rings. The zero-order chi connectivity index (χ0) is 15.4. The van der Waals surface area contributed by atoms with Crippen molar-refractivity contribution in [2.75, 3.05) is 0 Å². The molecule has 1 aromatic heterocycles. The molecule has 0 bridgehead atoms. The summed E-state index contributed by atoms with van der Waals surface area (Å²) in [5, 5.41) is 0. The lowest BCUT2D eigenvalue weighted by atomic mass is 9.97. The van der Waals surface area contributed by atoms with Gasteiger partial charge in [-0.15, -0.1) is 0 Å². The average molecular weight is 294 g/mol. The van der Waals surface area contributed by atoms with Gasteiger partial charge in [-0.3, -0.25) is 9.78 Å². The van der Waals surface area contributed by atoms with Gasteiger partial charge in [0.15, 0.2) is 0 Å². The van der Waals surface area contributed by atoms with E-state index >= 15 is 0 Å². The minimum Gasteiger partial charge on any atom is -0.335 e. The molecule has 3 nitrogen and oxygen atoms in total. The Hall–Kier alpha value is -2.16. The molecule has 1 saturated carbocycles. The SMILES string of the molecule is C[C@@H](CC(=O)N(Cc1ccncc1)C1CC1)c1ccccc1. The lowest BCUT2D eigenvalue weighted by Crippen LogP contribution is -2.33. The molecule has 1 heterocycles. The molecule has 1 aromatic carbocycles. The summed E-state index contributed by atoms with van der Waals surface area (Å²) in [6, 6.07) is 14.7. The van der Waals surface area contributed by atoms with Crippen molar-refractivity contribution in [1.82, 2.24) is 9.88 Å². The van der Waals surface area contributed by atoms with E-state index in [1.54, 1.807) is 12.4 Å². The number of carbonyl (C=O) groups is 1. The average Bonchev–Trinajstić information content (AvgIpc) is 3.39. The highest BCUT2D eigenvalue weighted by Crippen LogP contribution is 2.30. The molecule has 0 unspecified atom stereocenters. The van der Waals surface area contributed by atoms with Gasteiger partial charge in [0.1, 0.15) is 0 Å². The van der Waals surface area contributed by atoms with Gasteiger partial charge in [0.25, 0.3) is 0 Å². The molecular weight excluding hydrogens is 272 g/mol. The first-order chi connectivity index (χ1) is 10.7. The van der Waals surface area contributed by atoms with Gasteiger partial charge in [0, 0.05) is 31.4 Å². The summed E-state index contributed by atoms with van der Waals surface area (Å²) < 4.78 is 0. The van der Waals surface area contributed by atoms with Gasteiger partial charge in [-0.1, -0.05) is 37.3 Å². The summed E-state index contributed by atoms with van der Waals surface area (Å²) in [5.41, 5.74) is 2.39. The van der Waals surface area contributed by atoms with Crippen LogP contribution >= 0.6 is 0 Å². The summed E-state index contributed by atoms with van der Waals surface area (Å²) >= 11 is 0. The van der Waals surface area contributed by atoms with Gasteiger partial charge >= 0.3 is 0 Å². The summed E-state index contributed by atoms with van der Waals surface area (Å²) in [4.78, 5) is 18.8. The van der Waals surface area contributed by atoms with Crippen LogP contribution in [0.5, 0.6) is 0 Å². The Balaban J connectivity index is 1.65. The molecule has 0 saturated heterocycles. The normalized spacial score (nSPS) is 15.3. The Bertz CT molecular complexity index is 608. The summed E-state index contributed by atoms with van der Waals surface area (Å²) in [6.07, 6.45) is 6.42. The van der Waals surface area contributed by atoms with E-state index in [0.717, 1.165) is 18.4 Å². The molecule has 1 amide bonds. The number of rotatable bonds is 6. The van der Waals surface area contributed by atoms with Crippen molar-refractivity contribution in [3.63, 3.8) is 0 Å². The van der Waals surface area contributed by atoms with Gasteiger partial charge in [-0.25, -0.2) is 0 Å². The van der Waals surface area contributed by atoms with E-state index in [0.29, 0.717) is 19.0 Å². The Morgan fingerprint density at radius 3 is 2.50 bits per heavy atom. The smallest absolute Gasteiger partial charge is 0.223 e. The molecule has 0 radical (unpaired) electrons. The first-order valence-electron chi connectivity index (χ1n) is 7.97. The topological polar surface area (TPSA) is 33.2 Å². The number of hydrogen-bond acceptors (Lipinski definition) is 2. The lowest BCUT2D eigenvalue weighted by Gasteiger charge is -2.24. The number of carbonyl (C=O) groups excluding carboxylic acids is 1. The highest BCUT2D eigenvalue weighted by molar-refractivity contribution is 5.77. The lowest BCUT2D eigenvalue weighted by molar-refractivity contribution is -0.132. The molecule has 3 heteroatoms. The van der Waals surface area contributed by atoms with Crippen molar-refractivity contribution >= 4 is 5.91 Å². The third-order valence-corrected chi connectivity index (χ3v) is 4.26. The van der Waals surface area contributed by atoms with Crippen molar-refractivity contribution in [3.05, 3.63) is 66.0 Å². The van der Waals surface area contributed by atoms with Crippen molar-refractivity contribution in [2.45, 2.75) is 44.7 Å². The fraction of sp³-hybridized carbons (Fsp3) is 0.368. The second-order valence-corrected chi connectivity index (χ2v) is 6.12. The first kappa shape index (κ1) is 14.8. The maximum Gasteiger partial charge on any atom is 0.223 e. The molecule has 1 atom stereocenters. The number of aromatic nitrogens is 1. The largest absolute Gasteiger partial charge is 0.335 e. The molecule has 1 aliphatic carbocycles. The molecule has 0 spiro atoms. The van der Waals surface area contributed by atoms with E-state index in [1.807, 2.05) is 30.3 Å². The van der Waals surface area contributed by atoms with Crippen LogP contribution < -0.4 is 0 Å². The Morgan fingerprint density at radius 2 is 1.86 bits per heavy atom. The Labute approximate surface area is 132 Å². The highest BCUT2D eigenvalue weighted by Gasteiger charge is 2.32. The van der Waals surface area contributed by atoms with E-state index in [1.165, 1.54) is 5.56 Å². The van der Waals surface area contributed by atoms with Crippen molar-refractivity contribution in [2.24, 2.45) is 0 Å². The van der Waals surface area contributed by atoms with Crippen LogP contribution in [0, 0.1) is 0 Å². The van der Waals surface area contributed by atoms with Crippen LogP contribution in [0.1, 0.15) is 43.2 Å². The molecular formula is C19H22N2O. The van der Waals surface area contributed by atoms with E-state index in [-0.39, 0.29) is 11.8 Å². The number of amides is 1. The quantitative estimate of drug-likeness (QED) is 0.812. The van der Waals surface area contributed by atoms with Crippen LogP contribution in [0.25, 0.3) is 0 Å². The van der Waals surface area contributed by atoms with Crippen LogP contribution in [0.4, 0.5) is 0 Å². The number of nitrogens with zero attached hydrogens (tertiary/aromatic N) is 2. The summed E-state index contributed by atoms with van der Waals surface area (Å²) in [7, 11) is 0. The van der Waals surface area contributed by atoms with Gasteiger partial charge in [0.05, 0.1) is 0 Å². The molecule has 0 aliphatic heterocycles. The van der Waals surface area contributed by atoms with Crippen LogP contribution in [-0.4, -0.2) is 21.8 Å². The molecule has 3 rings (SSSR count). The highest BCUT2D eigenvalue weighted by atomic mass is 16.2. The van der Waals surface area contributed by atoms with E-state index in [9.17, 15) is 4.79 Å². The predicted molar refractivity (Wildman–Crippen MR) is 87.3 cm³/mol. The van der Waals surface area contributed by atoms with E-state index in [2.05, 4.69) is 28.9 Å². The first-order valence-corrected chi connectivity index (χ1v) is 7.97. The van der Waals surface area contributed by atoms with Gasteiger partial charge in [-0.05, 0) is 42.0 Å². The number of pyridine rings is 1. The maximum absolute atomic E-state index is 12.7. The molecule has 1 aliphatic rings. The van der Waals surface area contributed by atoms with Crippen molar-refractivity contribution in [1.29, 1.82) is 0 Å². The Kier molecular flexibility index (Phi) is 4.52. The maximum atomic E-state index is 12.7. The zero-order valence-electron chi connectivity index (χ0n) is 13.0. The van der Waals surface area contributed by atoms with E-state index < -0.39 is 0 Å². The summed E-state index contributed by atoms with van der Waals surface area (Å²) in [6.45, 7) is 2.83.